The van der Waals surface area contributed by atoms with Gasteiger partial charge in [0.25, 0.3) is 0 Å². The predicted molar refractivity (Wildman–Crippen MR) is 87.7 cm³/mol. The van der Waals surface area contributed by atoms with E-state index in [0.29, 0.717) is 12.1 Å². The fourth-order valence-corrected chi connectivity index (χ4v) is 2.74. The molecule has 1 atom stereocenters. The zero-order chi connectivity index (χ0) is 29.0. The van der Waals surface area contributed by atoms with Crippen LogP contribution in [0.3, 0.4) is 0 Å². The van der Waals surface area contributed by atoms with E-state index in [2.05, 4.69) is 4.74 Å². The summed E-state index contributed by atoms with van der Waals surface area (Å²) in [5, 5.41) is 10.1. The standard InChI is InChI=1S/C18H13F15O3/c1-11(35,9-5-3-4-8(6-9)10(34)36-2)7-12(19,20)13(21,22)14(23,24)15(25,26)16(27,28)17(29,30)18(31,32)33/h3-6,35H,7H2,1-2H3. The number of methoxy groups -OCH3 is 1. The SMILES string of the molecule is COC(=O)c1cccc(C(C)(O)CC(F)(F)C(F)(F)C(F)(F)C(F)(F)C(F)(F)C(F)(F)C(F)(F)F)c1. The third-order valence-electron chi connectivity index (χ3n) is 4.86. The van der Waals surface area contributed by atoms with Crippen LogP contribution in [0.5, 0.6) is 0 Å². The van der Waals surface area contributed by atoms with Crippen LogP contribution in [0.1, 0.15) is 29.3 Å². The van der Waals surface area contributed by atoms with E-state index in [0.717, 1.165) is 19.2 Å². The molecule has 0 aliphatic carbocycles. The second kappa shape index (κ2) is 8.86. The second-order valence-corrected chi connectivity index (χ2v) is 7.60. The van der Waals surface area contributed by atoms with Gasteiger partial charge in [-0.25, -0.2) is 4.79 Å². The number of ether oxygens (including phenoxy) is 1. The molecule has 0 heterocycles. The molecule has 1 rings (SSSR count). The van der Waals surface area contributed by atoms with Crippen molar-refractivity contribution in [3.63, 3.8) is 0 Å². The number of esters is 1. The van der Waals surface area contributed by atoms with Gasteiger partial charge in [-0.05, 0) is 24.6 Å². The van der Waals surface area contributed by atoms with Gasteiger partial charge in [-0.2, -0.15) is 65.9 Å². The summed E-state index contributed by atoms with van der Waals surface area (Å²) in [6, 6.07) is 2.90. The predicted octanol–water partition coefficient (Wildman–Crippen LogP) is 6.44. The van der Waals surface area contributed by atoms with Gasteiger partial charge in [0.1, 0.15) is 0 Å². The lowest BCUT2D eigenvalue weighted by Crippen LogP contribution is -2.72. The first kappa shape index (κ1) is 31.6. The Hall–Kier alpha value is -2.40. The van der Waals surface area contributed by atoms with Gasteiger partial charge in [0.15, 0.2) is 0 Å². The highest BCUT2D eigenvalue weighted by atomic mass is 19.4. The van der Waals surface area contributed by atoms with Crippen LogP contribution in [-0.2, 0) is 10.3 Å². The lowest BCUT2D eigenvalue weighted by Gasteiger charge is -2.42. The van der Waals surface area contributed by atoms with Crippen molar-refractivity contribution in [2.75, 3.05) is 7.11 Å². The summed E-state index contributed by atoms with van der Waals surface area (Å²) in [6.07, 6.45) is -10.7. The minimum atomic E-state index is -8.41. The summed E-state index contributed by atoms with van der Waals surface area (Å²) in [4.78, 5) is 11.5. The highest BCUT2D eigenvalue weighted by Crippen LogP contribution is 2.63. The van der Waals surface area contributed by atoms with Crippen LogP contribution in [0, 0.1) is 0 Å². The van der Waals surface area contributed by atoms with Crippen LogP contribution in [0.4, 0.5) is 65.9 Å². The van der Waals surface area contributed by atoms with Crippen molar-refractivity contribution in [1.82, 2.24) is 0 Å². The zero-order valence-corrected chi connectivity index (χ0v) is 17.4. The Morgan fingerprint density at radius 2 is 1.17 bits per heavy atom. The van der Waals surface area contributed by atoms with Gasteiger partial charge >= 0.3 is 47.7 Å². The molecule has 0 aromatic heterocycles. The van der Waals surface area contributed by atoms with Crippen molar-refractivity contribution in [2.45, 2.75) is 60.7 Å². The summed E-state index contributed by atoms with van der Waals surface area (Å²) in [5.41, 5.74) is -4.89. The molecule has 0 saturated heterocycles. The van der Waals surface area contributed by atoms with Crippen molar-refractivity contribution < 1.29 is 80.5 Å². The van der Waals surface area contributed by atoms with Crippen LogP contribution < -0.4 is 0 Å². The van der Waals surface area contributed by atoms with Crippen molar-refractivity contribution in [3.8, 4) is 0 Å². The van der Waals surface area contributed by atoms with Gasteiger partial charge in [-0.3, -0.25) is 0 Å². The molecule has 0 saturated carbocycles. The molecule has 0 bridgehead atoms. The molecule has 1 aromatic carbocycles. The van der Waals surface area contributed by atoms with Gasteiger partial charge < -0.3 is 9.84 Å². The smallest absolute Gasteiger partial charge is 0.460 e. The number of carbonyl (C=O) groups excluding carboxylic acids is 1. The number of rotatable bonds is 9. The Morgan fingerprint density at radius 1 is 0.750 bits per heavy atom. The second-order valence-electron chi connectivity index (χ2n) is 7.60. The third-order valence-corrected chi connectivity index (χ3v) is 4.86. The average Bonchev–Trinajstić information content (AvgIpc) is 2.70. The average molecular weight is 562 g/mol. The Labute approximate surface area is 190 Å². The summed E-state index contributed by atoms with van der Waals surface area (Å²) in [7, 11) is 0.822. The molecule has 1 N–H and O–H groups in total. The van der Waals surface area contributed by atoms with E-state index in [-0.39, 0.29) is 6.92 Å². The molecule has 18 heteroatoms. The van der Waals surface area contributed by atoms with Crippen LogP contribution in [0.15, 0.2) is 24.3 Å². The summed E-state index contributed by atoms with van der Waals surface area (Å²) >= 11 is 0. The van der Waals surface area contributed by atoms with E-state index in [9.17, 15) is 75.8 Å². The topological polar surface area (TPSA) is 46.5 Å². The Bertz CT molecular complexity index is 967. The number of benzene rings is 1. The molecule has 3 nitrogen and oxygen atoms in total. The van der Waals surface area contributed by atoms with E-state index in [1.807, 2.05) is 0 Å². The molecule has 0 amide bonds. The molecule has 0 radical (unpaired) electrons. The normalized spacial score (nSPS) is 16.5. The highest BCUT2D eigenvalue weighted by molar-refractivity contribution is 5.89. The van der Waals surface area contributed by atoms with Gasteiger partial charge in [0.05, 0.1) is 24.7 Å². The quantitative estimate of drug-likeness (QED) is 0.278. The maximum atomic E-state index is 14.2. The van der Waals surface area contributed by atoms with E-state index in [4.69, 9.17) is 0 Å². The first-order chi connectivity index (χ1) is 15.7. The Balaban J connectivity index is 3.55. The van der Waals surface area contributed by atoms with Crippen LogP contribution in [0.2, 0.25) is 0 Å². The molecular formula is C18H13F15O3. The zero-order valence-electron chi connectivity index (χ0n) is 17.4. The first-order valence-corrected chi connectivity index (χ1v) is 8.90. The van der Waals surface area contributed by atoms with Gasteiger partial charge in [0, 0.05) is 0 Å². The fraction of sp³-hybridized carbons (Fsp3) is 0.611. The number of halogens is 15. The van der Waals surface area contributed by atoms with Crippen LogP contribution >= 0.6 is 0 Å². The van der Waals surface area contributed by atoms with Crippen LogP contribution in [-0.4, -0.2) is 59.9 Å². The number of hydrogen-bond donors (Lipinski definition) is 1. The first-order valence-electron chi connectivity index (χ1n) is 8.90. The lowest BCUT2D eigenvalue weighted by atomic mass is 9.83. The molecule has 1 unspecified atom stereocenters. The van der Waals surface area contributed by atoms with E-state index in [1.165, 1.54) is 0 Å². The molecule has 208 valence electrons. The summed E-state index contributed by atoms with van der Waals surface area (Å²) in [5.74, 6) is -48.7. The molecule has 1 aromatic rings. The van der Waals surface area contributed by atoms with E-state index >= 15 is 0 Å². The van der Waals surface area contributed by atoms with E-state index < -0.39 is 70.8 Å². The van der Waals surface area contributed by atoms with Gasteiger partial charge in [-0.1, -0.05) is 12.1 Å². The number of alkyl halides is 15. The van der Waals surface area contributed by atoms with Gasteiger partial charge in [-0.15, -0.1) is 0 Å². The molecule has 0 fully saturated rings. The number of aliphatic hydroxyl groups is 1. The van der Waals surface area contributed by atoms with E-state index in [1.54, 1.807) is 0 Å². The van der Waals surface area contributed by atoms with Crippen molar-refractivity contribution in [3.05, 3.63) is 35.4 Å². The maximum absolute atomic E-state index is 14.2. The number of hydrogen-bond acceptors (Lipinski definition) is 3. The molecular weight excluding hydrogens is 549 g/mol. The highest BCUT2D eigenvalue weighted by Gasteiger charge is 2.93. The minimum absolute atomic E-state index is 0.204. The van der Waals surface area contributed by atoms with Crippen molar-refractivity contribution in [1.29, 1.82) is 0 Å². The summed E-state index contributed by atoms with van der Waals surface area (Å²) in [6.45, 7) is 0.204. The minimum Gasteiger partial charge on any atom is -0.465 e. The molecule has 36 heavy (non-hydrogen) atoms. The number of carbonyl (C=O) groups is 1. The van der Waals surface area contributed by atoms with Gasteiger partial charge in [0.2, 0.25) is 0 Å². The Kier molecular flexibility index (Phi) is 7.79. The fourth-order valence-electron chi connectivity index (χ4n) is 2.74. The lowest BCUT2D eigenvalue weighted by molar-refractivity contribution is -0.453. The Morgan fingerprint density at radius 3 is 1.58 bits per heavy atom. The third kappa shape index (κ3) is 4.67. The monoisotopic (exact) mass is 562 g/mol. The van der Waals surface area contributed by atoms with Crippen LogP contribution in [0.25, 0.3) is 0 Å². The molecule has 0 spiro atoms. The molecule has 0 aliphatic rings. The van der Waals surface area contributed by atoms with Crippen molar-refractivity contribution >= 4 is 5.97 Å². The van der Waals surface area contributed by atoms with Crippen molar-refractivity contribution in [2.24, 2.45) is 0 Å². The molecule has 0 aliphatic heterocycles. The largest absolute Gasteiger partial charge is 0.465 e. The maximum Gasteiger partial charge on any atom is 0.460 e. The summed E-state index contributed by atoms with van der Waals surface area (Å²) < 4.78 is 204.